The van der Waals surface area contributed by atoms with Gasteiger partial charge >= 0.3 is 5.97 Å². The number of nitrogens with zero attached hydrogens (tertiary/aromatic N) is 1. The Bertz CT molecular complexity index is 822. The maximum atomic E-state index is 12.7. The highest BCUT2D eigenvalue weighted by Crippen LogP contribution is 2.26. The molecule has 0 aliphatic carbocycles. The third kappa shape index (κ3) is 5.15. The van der Waals surface area contributed by atoms with Crippen molar-refractivity contribution in [1.82, 2.24) is 4.90 Å². The maximum Gasteiger partial charge on any atom is 0.342 e. The SMILES string of the molecule is CC[C@@H](C)N(C(=O)COC(=O)c1ccc(OC)cc1OC)[C@H]1CCS(=O)(=O)C1. The number of hydrogen-bond acceptors (Lipinski definition) is 7. The minimum atomic E-state index is -3.14. The predicted octanol–water partition coefficient (Wildman–Crippen LogP) is 1.67. The van der Waals surface area contributed by atoms with Gasteiger partial charge < -0.3 is 19.1 Å². The number of carbonyl (C=O) groups excluding carboxylic acids is 2. The lowest BCUT2D eigenvalue weighted by atomic mass is 10.1. The molecular weight excluding hydrogens is 386 g/mol. The molecular formula is C19H27NO7S. The maximum absolute atomic E-state index is 12.7. The summed E-state index contributed by atoms with van der Waals surface area (Å²) in [4.78, 5) is 26.7. The number of carbonyl (C=O) groups is 2. The van der Waals surface area contributed by atoms with E-state index in [1.54, 1.807) is 17.0 Å². The van der Waals surface area contributed by atoms with Crippen LogP contribution in [0.15, 0.2) is 18.2 Å². The van der Waals surface area contributed by atoms with Crippen LogP contribution in [-0.2, 0) is 19.4 Å². The Labute approximate surface area is 165 Å². The zero-order valence-corrected chi connectivity index (χ0v) is 17.5. The van der Waals surface area contributed by atoms with E-state index in [9.17, 15) is 18.0 Å². The molecule has 0 N–H and O–H groups in total. The lowest BCUT2D eigenvalue weighted by Crippen LogP contribution is -2.48. The number of ether oxygens (including phenoxy) is 3. The number of hydrogen-bond donors (Lipinski definition) is 0. The minimum absolute atomic E-state index is 0.0523. The van der Waals surface area contributed by atoms with Gasteiger partial charge in [-0.2, -0.15) is 0 Å². The largest absolute Gasteiger partial charge is 0.497 e. The van der Waals surface area contributed by atoms with Crippen molar-refractivity contribution in [1.29, 1.82) is 0 Å². The molecule has 0 unspecified atom stereocenters. The van der Waals surface area contributed by atoms with Gasteiger partial charge in [-0.25, -0.2) is 13.2 Å². The molecule has 2 rings (SSSR count). The Hall–Kier alpha value is -2.29. The molecule has 2 atom stereocenters. The second kappa shape index (κ2) is 9.27. The Kier molecular flexibility index (Phi) is 7.29. The van der Waals surface area contributed by atoms with E-state index in [1.165, 1.54) is 20.3 Å². The highest BCUT2D eigenvalue weighted by molar-refractivity contribution is 7.91. The monoisotopic (exact) mass is 413 g/mol. The molecule has 9 heteroatoms. The quantitative estimate of drug-likeness (QED) is 0.598. The number of amides is 1. The van der Waals surface area contributed by atoms with E-state index in [0.29, 0.717) is 18.6 Å². The number of esters is 1. The van der Waals surface area contributed by atoms with Crippen LogP contribution in [0.1, 0.15) is 37.0 Å². The first kappa shape index (κ1) is 22.0. The first-order chi connectivity index (χ1) is 13.2. The van der Waals surface area contributed by atoms with E-state index >= 15 is 0 Å². The number of methoxy groups -OCH3 is 2. The van der Waals surface area contributed by atoms with Crippen LogP contribution in [0.25, 0.3) is 0 Å². The van der Waals surface area contributed by atoms with Gasteiger partial charge in [0.1, 0.15) is 17.1 Å². The van der Waals surface area contributed by atoms with Gasteiger partial charge in [-0.3, -0.25) is 4.79 Å². The lowest BCUT2D eigenvalue weighted by Gasteiger charge is -2.33. The molecule has 1 aliphatic heterocycles. The Morgan fingerprint density at radius 1 is 1.25 bits per heavy atom. The summed E-state index contributed by atoms with van der Waals surface area (Å²) < 4.78 is 39.1. The smallest absolute Gasteiger partial charge is 0.342 e. The zero-order chi connectivity index (χ0) is 20.9. The summed E-state index contributed by atoms with van der Waals surface area (Å²) >= 11 is 0. The van der Waals surface area contributed by atoms with Gasteiger partial charge in [-0.1, -0.05) is 6.92 Å². The van der Waals surface area contributed by atoms with Crippen molar-refractivity contribution >= 4 is 21.7 Å². The molecule has 1 saturated heterocycles. The van der Waals surface area contributed by atoms with Crippen LogP contribution in [0.2, 0.25) is 0 Å². The molecule has 1 aromatic carbocycles. The molecule has 1 fully saturated rings. The zero-order valence-electron chi connectivity index (χ0n) is 16.6. The van der Waals surface area contributed by atoms with Gasteiger partial charge in [0.2, 0.25) is 0 Å². The Balaban J connectivity index is 2.09. The minimum Gasteiger partial charge on any atom is -0.497 e. The molecule has 1 amide bonds. The van der Waals surface area contributed by atoms with E-state index in [1.807, 2.05) is 13.8 Å². The van der Waals surface area contributed by atoms with Crippen LogP contribution in [0.5, 0.6) is 11.5 Å². The van der Waals surface area contributed by atoms with Crippen molar-refractivity contribution in [3.05, 3.63) is 23.8 Å². The van der Waals surface area contributed by atoms with E-state index < -0.39 is 28.3 Å². The highest BCUT2D eigenvalue weighted by atomic mass is 32.2. The average Bonchev–Trinajstić information content (AvgIpc) is 3.04. The molecule has 1 heterocycles. The van der Waals surface area contributed by atoms with E-state index in [4.69, 9.17) is 14.2 Å². The molecule has 0 spiro atoms. The van der Waals surface area contributed by atoms with Crippen molar-refractivity contribution < 1.29 is 32.2 Å². The van der Waals surface area contributed by atoms with Gasteiger partial charge in [0.15, 0.2) is 16.4 Å². The summed E-state index contributed by atoms with van der Waals surface area (Å²) in [6.07, 6.45) is 1.07. The fourth-order valence-corrected chi connectivity index (χ4v) is 4.96. The summed E-state index contributed by atoms with van der Waals surface area (Å²) in [5.74, 6) is -0.287. The van der Waals surface area contributed by atoms with E-state index in [2.05, 4.69) is 0 Å². The normalized spacial score (nSPS) is 18.9. The van der Waals surface area contributed by atoms with E-state index in [0.717, 1.165) is 0 Å². The van der Waals surface area contributed by atoms with Crippen LogP contribution in [0.3, 0.4) is 0 Å². The second-order valence-corrected chi connectivity index (χ2v) is 8.99. The molecule has 1 aromatic rings. The van der Waals surface area contributed by atoms with Gasteiger partial charge in [-0.05, 0) is 31.9 Å². The summed E-state index contributed by atoms with van der Waals surface area (Å²) in [7, 11) is -0.219. The van der Waals surface area contributed by atoms with Crippen molar-refractivity contribution in [2.24, 2.45) is 0 Å². The van der Waals surface area contributed by atoms with E-state index in [-0.39, 0.29) is 34.9 Å². The fourth-order valence-electron chi connectivity index (χ4n) is 3.25. The van der Waals surface area contributed by atoms with Crippen molar-refractivity contribution in [2.75, 3.05) is 32.3 Å². The number of rotatable bonds is 8. The Morgan fingerprint density at radius 2 is 1.96 bits per heavy atom. The summed E-state index contributed by atoms with van der Waals surface area (Å²) in [5, 5.41) is 0. The van der Waals surface area contributed by atoms with Gasteiger partial charge in [0.05, 0.1) is 25.7 Å². The van der Waals surface area contributed by atoms with Crippen LogP contribution in [0.4, 0.5) is 0 Å². The highest BCUT2D eigenvalue weighted by Gasteiger charge is 2.36. The summed E-state index contributed by atoms with van der Waals surface area (Å²) in [5.41, 5.74) is 0.176. The molecule has 0 radical (unpaired) electrons. The topological polar surface area (TPSA) is 99.2 Å². The van der Waals surface area contributed by atoms with Crippen molar-refractivity contribution in [3.63, 3.8) is 0 Å². The standard InChI is InChI=1S/C19H27NO7S/c1-5-13(2)20(14-8-9-28(23,24)12-14)18(21)11-27-19(22)16-7-6-15(25-3)10-17(16)26-4/h6-7,10,13-14H,5,8-9,11-12H2,1-4H3/t13-,14+/m1/s1. The van der Waals surface area contributed by atoms with Crippen molar-refractivity contribution in [3.8, 4) is 11.5 Å². The van der Waals surface area contributed by atoms with Crippen LogP contribution >= 0.6 is 0 Å². The third-order valence-electron chi connectivity index (χ3n) is 4.91. The summed E-state index contributed by atoms with van der Waals surface area (Å²) in [6.45, 7) is 3.31. The molecule has 156 valence electrons. The predicted molar refractivity (Wildman–Crippen MR) is 103 cm³/mol. The fraction of sp³-hybridized carbons (Fsp3) is 0.579. The lowest BCUT2D eigenvalue weighted by molar-refractivity contribution is -0.138. The third-order valence-corrected chi connectivity index (χ3v) is 6.66. The molecule has 0 aromatic heterocycles. The first-order valence-corrected chi connectivity index (χ1v) is 10.9. The molecule has 1 aliphatic rings. The summed E-state index contributed by atoms with van der Waals surface area (Å²) in [6, 6.07) is 4.10. The molecule has 28 heavy (non-hydrogen) atoms. The average molecular weight is 413 g/mol. The second-order valence-electron chi connectivity index (χ2n) is 6.76. The van der Waals surface area contributed by atoms with Crippen molar-refractivity contribution in [2.45, 2.75) is 38.8 Å². The van der Waals surface area contributed by atoms with Crippen LogP contribution < -0.4 is 9.47 Å². The molecule has 8 nitrogen and oxygen atoms in total. The molecule has 0 saturated carbocycles. The van der Waals surface area contributed by atoms with Gasteiger partial charge in [0, 0.05) is 18.2 Å². The van der Waals surface area contributed by atoms with Gasteiger partial charge in [0.25, 0.3) is 5.91 Å². The first-order valence-electron chi connectivity index (χ1n) is 9.13. The van der Waals surface area contributed by atoms with Crippen LogP contribution in [-0.4, -0.2) is 69.6 Å². The number of benzene rings is 1. The Morgan fingerprint density at radius 3 is 2.50 bits per heavy atom. The number of sulfone groups is 1. The molecule has 0 bridgehead atoms. The van der Waals surface area contributed by atoms with Gasteiger partial charge in [-0.15, -0.1) is 0 Å². The van der Waals surface area contributed by atoms with Crippen LogP contribution in [0, 0.1) is 0 Å².